The molecule has 0 aromatic carbocycles. The molecule has 2 nitrogen and oxygen atoms in total. The van der Waals surface area contributed by atoms with E-state index in [1.54, 1.807) is 6.07 Å². The lowest BCUT2D eigenvalue weighted by Crippen LogP contribution is -1.97. The molecule has 0 spiro atoms. The fraction of sp³-hybridized carbons (Fsp3) is 0.250. The van der Waals surface area contributed by atoms with Crippen LogP contribution in [0.2, 0.25) is 0 Å². The van der Waals surface area contributed by atoms with Crippen LogP contribution in [0.3, 0.4) is 0 Å². The number of aromatic nitrogens is 1. The first-order valence-electron chi connectivity index (χ1n) is 3.41. The van der Waals surface area contributed by atoms with Gasteiger partial charge in [-0.15, -0.1) is 0 Å². The lowest BCUT2D eigenvalue weighted by Gasteiger charge is -2.07. The van der Waals surface area contributed by atoms with Crippen LogP contribution in [0.5, 0.6) is 0 Å². The molecule has 0 fully saturated rings. The molecule has 0 bridgehead atoms. The van der Waals surface area contributed by atoms with E-state index in [1.807, 2.05) is 0 Å². The highest BCUT2D eigenvalue weighted by molar-refractivity contribution is 9.10. The number of pyridine rings is 1. The smallest absolute Gasteiger partial charge is 0.248 e. The average Bonchev–Trinajstić information content (AvgIpc) is 2.08. The molecule has 0 N–H and O–H groups in total. The van der Waals surface area contributed by atoms with Crippen molar-refractivity contribution in [2.75, 3.05) is 0 Å². The van der Waals surface area contributed by atoms with Crippen LogP contribution >= 0.6 is 15.9 Å². The number of halogens is 3. The van der Waals surface area contributed by atoms with Crippen LogP contribution in [0, 0.1) is 18.3 Å². The fourth-order valence-corrected chi connectivity index (χ4v) is 1.29. The van der Waals surface area contributed by atoms with Gasteiger partial charge in [0.25, 0.3) is 6.43 Å². The molecule has 0 saturated carbocycles. The summed E-state index contributed by atoms with van der Waals surface area (Å²) in [5.74, 6) is 0. The van der Waals surface area contributed by atoms with Crippen LogP contribution < -0.4 is 0 Å². The second-order valence-corrected chi connectivity index (χ2v) is 3.16. The van der Waals surface area contributed by atoms with Gasteiger partial charge in [0.2, 0.25) is 0 Å². The Morgan fingerprint density at radius 2 is 2.23 bits per heavy atom. The first-order valence-corrected chi connectivity index (χ1v) is 4.20. The van der Waals surface area contributed by atoms with Crippen LogP contribution in [-0.4, -0.2) is 4.98 Å². The van der Waals surface area contributed by atoms with Gasteiger partial charge in [-0.3, -0.25) is 0 Å². The van der Waals surface area contributed by atoms with Gasteiger partial charge in [-0.05, 0) is 28.4 Å². The summed E-state index contributed by atoms with van der Waals surface area (Å²) in [6.45, 7) is 1.50. The van der Waals surface area contributed by atoms with Gasteiger partial charge in [-0.2, -0.15) is 5.26 Å². The number of alkyl halides is 2. The van der Waals surface area contributed by atoms with Gasteiger partial charge in [0.15, 0.2) is 0 Å². The summed E-state index contributed by atoms with van der Waals surface area (Å²) in [5.41, 5.74) is -0.00544. The average molecular weight is 247 g/mol. The van der Waals surface area contributed by atoms with E-state index >= 15 is 0 Å². The second kappa shape index (κ2) is 3.79. The molecule has 68 valence electrons. The molecule has 0 aliphatic rings. The van der Waals surface area contributed by atoms with Crippen LogP contribution in [0.1, 0.15) is 23.1 Å². The van der Waals surface area contributed by atoms with Gasteiger partial charge in [0.1, 0.15) is 10.7 Å². The first-order chi connectivity index (χ1) is 6.07. The minimum absolute atomic E-state index is 0.0734. The molecule has 1 aromatic heterocycles. The normalized spacial score (nSPS) is 10.2. The summed E-state index contributed by atoms with van der Waals surface area (Å²) in [7, 11) is 0. The first kappa shape index (κ1) is 10.1. The Morgan fingerprint density at radius 3 is 2.69 bits per heavy atom. The van der Waals surface area contributed by atoms with Crippen molar-refractivity contribution in [2.24, 2.45) is 0 Å². The standard InChI is InChI=1S/C8H5BrF2N2/c1-4-6(8(10)11)5(2-12)3-13-7(4)9/h3,8H,1H3. The maximum absolute atomic E-state index is 12.5. The van der Waals surface area contributed by atoms with Gasteiger partial charge >= 0.3 is 0 Å². The molecule has 13 heavy (non-hydrogen) atoms. The number of rotatable bonds is 1. The molecule has 0 atom stereocenters. The van der Waals surface area contributed by atoms with E-state index in [0.29, 0.717) is 10.2 Å². The van der Waals surface area contributed by atoms with E-state index in [-0.39, 0.29) is 11.1 Å². The minimum atomic E-state index is -2.64. The molecule has 0 aliphatic heterocycles. The van der Waals surface area contributed by atoms with Crippen molar-refractivity contribution < 1.29 is 8.78 Å². The van der Waals surface area contributed by atoms with Gasteiger partial charge < -0.3 is 0 Å². The van der Waals surface area contributed by atoms with Crippen LogP contribution in [0.4, 0.5) is 8.78 Å². The topological polar surface area (TPSA) is 36.7 Å². The Labute approximate surface area is 82.3 Å². The van der Waals surface area contributed by atoms with Crippen molar-refractivity contribution in [3.63, 3.8) is 0 Å². The number of hydrogen-bond donors (Lipinski definition) is 0. The zero-order valence-electron chi connectivity index (χ0n) is 6.68. The van der Waals surface area contributed by atoms with E-state index in [9.17, 15) is 8.78 Å². The highest BCUT2D eigenvalue weighted by Crippen LogP contribution is 2.29. The largest absolute Gasteiger partial charge is 0.265 e. The van der Waals surface area contributed by atoms with E-state index in [4.69, 9.17) is 5.26 Å². The molecular weight excluding hydrogens is 242 g/mol. The Kier molecular flexibility index (Phi) is 2.94. The van der Waals surface area contributed by atoms with Crippen LogP contribution in [0.15, 0.2) is 10.8 Å². The zero-order valence-corrected chi connectivity index (χ0v) is 8.27. The molecule has 1 aromatic rings. The molecule has 1 heterocycles. The summed E-state index contributed by atoms with van der Waals surface area (Å²) in [6.07, 6.45) is -1.51. The molecule has 0 aliphatic carbocycles. The fourth-order valence-electron chi connectivity index (χ4n) is 0.971. The van der Waals surface area contributed by atoms with E-state index in [0.717, 1.165) is 6.20 Å². The third-order valence-corrected chi connectivity index (χ3v) is 2.45. The zero-order chi connectivity index (χ0) is 10.0. The van der Waals surface area contributed by atoms with Gasteiger partial charge in [0.05, 0.1) is 5.56 Å². The SMILES string of the molecule is Cc1c(Br)ncc(C#N)c1C(F)F. The number of nitrogens with zero attached hydrogens (tertiary/aromatic N) is 2. The van der Waals surface area contributed by atoms with Gasteiger partial charge in [0, 0.05) is 11.8 Å². The highest BCUT2D eigenvalue weighted by Gasteiger charge is 2.18. The Bertz CT molecular complexity index is 371. The predicted molar refractivity (Wildman–Crippen MR) is 46.3 cm³/mol. The van der Waals surface area contributed by atoms with Gasteiger partial charge in [-0.1, -0.05) is 0 Å². The lowest BCUT2D eigenvalue weighted by atomic mass is 10.1. The van der Waals surface area contributed by atoms with Gasteiger partial charge in [-0.25, -0.2) is 13.8 Å². The molecule has 1 rings (SSSR count). The Morgan fingerprint density at radius 1 is 1.62 bits per heavy atom. The van der Waals surface area contributed by atoms with Crippen LogP contribution in [-0.2, 0) is 0 Å². The quantitative estimate of drug-likeness (QED) is 0.715. The summed E-state index contributed by atoms with van der Waals surface area (Å²) in [5, 5.41) is 8.54. The van der Waals surface area contributed by atoms with Crippen LogP contribution in [0.25, 0.3) is 0 Å². The molecule has 5 heteroatoms. The maximum atomic E-state index is 12.5. The minimum Gasteiger partial charge on any atom is -0.248 e. The molecule has 0 amide bonds. The second-order valence-electron chi connectivity index (χ2n) is 2.41. The predicted octanol–water partition coefficient (Wildman–Crippen LogP) is 2.96. The summed E-state index contributed by atoms with van der Waals surface area (Å²) in [4.78, 5) is 3.75. The highest BCUT2D eigenvalue weighted by atomic mass is 79.9. The van der Waals surface area contributed by atoms with Crippen molar-refractivity contribution >= 4 is 15.9 Å². The monoisotopic (exact) mass is 246 g/mol. The molecule has 0 saturated heterocycles. The molecule has 0 radical (unpaired) electrons. The van der Waals surface area contributed by atoms with Crippen molar-refractivity contribution in [2.45, 2.75) is 13.3 Å². The lowest BCUT2D eigenvalue weighted by molar-refractivity contribution is 0.150. The Hall–Kier alpha value is -1.02. The molecular formula is C8H5BrF2N2. The van der Waals surface area contributed by atoms with E-state index in [2.05, 4.69) is 20.9 Å². The van der Waals surface area contributed by atoms with E-state index < -0.39 is 6.43 Å². The van der Waals surface area contributed by atoms with Crippen molar-refractivity contribution in [1.82, 2.24) is 4.98 Å². The summed E-state index contributed by atoms with van der Waals surface area (Å²) < 4.78 is 25.3. The summed E-state index contributed by atoms with van der Waals surface area (Å²) in [6, 6.07) is 1.68. The number of nitriles is 1. The molecule has 0 unspecified atom stereocenters. The van der Waals surface area contributed by atoms with Crippen molar-refractivity contribution in [1.29, 1.82) is 5.26 Å². The van der Waals surface area contributed by atoms with E-state index in [1.165, 1.54) is 6.92 Å². The Balaban J connectivity index is 3.43. The third kappa shape index (κ3) is 1.83. The van der Waals surface area contributed by atoms with Crippen molar-refractivity contribution in [3.05, 3.63) is 27.5 Å². The third-order valence-electron chi connectivity index (χ3n) is 1.65. The van der Waals surface area contributed by atoms with Crippen molar-refractivity contribution in [3.8, 4) is 6.07 Å². The number of hydrogen-bond acceptors (Lipinski definition) is 2. The summed E-state index contributed by atoms with van der Waals surface area (Å²) >= 11 is 3.02. The maximum Gasteiger partial charge on any atom is 0.265 e.